The number of amides is 2. The van der Waals surface area contributed by atoms with Crippen LogP contribution in [0.15, 0.2) is 57.5 Å². The summed E-state index contributed by atoms with van der Waals surface area (Å²) in [6.07, 6.45) is 10.6. The van der Waals surface area contributed by atoms with Gasteiger partial charge >= 0.3 is 0 Å². The molecule has 0 aromatic heterocycles. The molecule has 1 aromatic rings. The maximum absolute atomic E-state index is 14.2. The highest BCUT2D eigenvalue weighted by Crippen LogP contribution is 2.44. The average molecular weight is 659 g/mol. The first kappa shape index (κ1) is 38.5. The van der Waals surface area contributed by atoms with Crippen LogP contribution in [-0.2, 0) is 14.4 Å². The van der Waals surface area contributed by atoms with Crippen molar-refractivity contribution < 1.29 is 19.5 Å². The number of hydrogen-bond acceptors (Lipinski definition) is 6. The molecule has 2 atom stereocenters. The maximum Gasteiger partial charge on any atom is 0.227 e. The van der Waals surface area contributed by atoms with Crippen molar-refractivity contribution in [3.05, 3.63) is 63.6 Å². The summed E-state index contributed by atoms with van der Waals surface area (Å²) in [5.74, 6) is -0.961. The van der Waals surface area contributed by atoms with Crippen LogP contribution in [0.1, 0.15) is 118 Å². The van der Waals surface area contributed by atoms with Crippen molar-refractivity contribution in [2.24, 2.45) is 16.8 Å². The molecule has 0 heterocycles. The van der Waals surface area contributed by atoms with Gasteiger partial charge in [0, 0.05) is 48.3 Å². The Kier molecular flexibility index (Phi) is 14.4. The van der Waals surface area contributed by atoms with Gasteiger partial charge in [0.25, 0.3) is 0 Å². The fraction of sp³-hybridized carbons (Fsp3) is 0.550. The molecule has 2 unspecified atom stereocenters. The molecule has 0 radical (unpaired) electrons. The van der Waals surface area contributed by atoms with Crippen LogP contribution < -0.4 is 15.5 Å². The van der Waals surface area contributed by atoms with Crippen molar-refractivity contribution >= 4 is 40.3 Å². The Morgan fingerprint density at radius 2 is 1.42 bits per heavy atom. The lowest BCUT2D eigenvalue weighted by molar-refractivity contribution is -0.124. The quantitative estimate of drug-likeness (QED) is 0.145. The van der Waals surface area contributed by atoms with Crippen molar-refractivity contribution in [2.45, 2.75) is 114 Å². The number of Topliss-reactive ketones (excluding diaryl/α,β-unsaturated/α-hetero) is 1. The molecule has 0 fully saturated rings. The van der Waals surface area contributed by atoms with Crippen LogP contribution in [0.25, 0.3) is 5.57 Å². The Labute approximate surface area is 288 Å². The minimum Gasteiger partial charge on any atom is -0.506 e. The number of allylic oxidation sites excluding steroid dienone is 5. The van der Waals surface area contributed by atoms with Gasteiger partial charge in [-0.3, -0.25) is 19.4 Å². The minimum atomic E-state index is -0.330. The van der Waals surface area contributed by atoms with E-state index in [9.17, 15) is 19.5 Å². The predicted octanol–water partition coefficient (Wildman–Crippen LogP) is 8.78. The molecule has 0 saturated carbocycles. The number of aryl methyl sites for hydroxylation is 1. The van der Waals surface area contributed by atoms with Gasteiger partial charge in [0.2, 0.25) is 17.6 Å². The first-order valence-electron chi connectivity index (χ1n) is 18.2. The van der Waals surface area contributed by atoms with Gasteiger partial charge in [0.1, 0.15) is 5.76 Å². The highest BCUT2D eigenvalue weighted by atomic mass is 16.3. The summed E-state index contributed by atoms with van der Waals surface area (Å²) in [6, 6.07) is 3.83. The van der Waals surface area contributed by atoms with E-state index in [4.69, 9.17) is 0 Å². The first-order chi connectivity index (χ1) is 23.0. The van der Waals surface area contributed by atoms with Crippen molar-refractivity contribution in [2.75, 3.05) is 29.9 Å². The molecule has 8 heteroatoms. The van der Waals surface area contributed by atoms with Crippen LogP contribution in [0.3, 0.4) is 0 Å². The van der Waals surface area contributed by atoms with Crippen LogP contribution in [0.2, 0.25) is 0 Å². The van der Waals surface area contributed by atoms with Crippen molar-refractivity contribution in [3.63, 3.8) is 0 Å². The smallest absolute Gasteiger partial charge is 0.227 e. The van der Waals surface area contributed by atoms with Gasteiger partial charge in [-0.1, -0.05) is 53.4 Å². The van der Waals surface area contributed by atoms with Crippen LogP contribution in [0.4, 0.5) is 11.4 Å². The number of unbranched alkanes of at least 4 members (excludes halogenated alkanes) is 2. The predicted molar refractivity (Wildman–Crippen MR) is 200 cm³/mol. The summed E-state index contributed by atoms with van der Waals surface area (Å²) < 4.78 is 0. The molecule has 8 nitrogen and oxygen atoms in total. The number of nitrogens with one attached hydrogen (secondary N) is 2. The number of carbonyl (C=O) groups excluding carboxylic acids is 3. The van der Waals surface area contributed by atoms with E-state index in [0.717, 1.165) is 74.2 Å². The zero-order chi connectivity index (χ0) is 35.5. The number of carbonyl (C=O) groups is 3. The molecule has 0 aliphatic heterocycles. The molecule has 0 spiro atoms. The molecule has 3 N–H and O–H groups in total. The van der Waals surface area contributed by atoms with E-state index in [1.54, 1.807) is 6.08 Å². The number of aliphatic imine (C=N–C) groups is 1. The van der Waals surface area contributed by atoms with Crippen LogP contribution in [0.5, 0.6) is 0 Å². The van der Waals surface area contributed by atoms with E-state index in [-0.39, 0.29) is 46.3 Å². The molecule has 1 aromatic carbocycles. The average Bonchev–Trinajstić information content (AvgIpc) is 3.06. The second kappa shape index (κ2) is 18.0. The number of anilines is 2. The number of ketones is 1. The van der Waals surface area contributed by atoms with Crippen molar-refractivity contribution in [3.8, 4) is 0 Å². The summed E-state index contributed by atoms with van der Waals surface area (Å²) in [6.45, 7) is 20.4. The third-order valence-electron chi connectivity index (χ3n) is 9.63. The number of nitrogens with zero attached hydrogens (tertiary/aromatic N) is 2. The minimum absolute atomic E-state index is 0.0814. The van der Waals surface area contributed by atoms with Gasteiger partial charge in [-0.25, -0.2) is 0 Å². The summed E-state index contributed by atoms with van der Waals surface area (Å²) in [5, 5.41) is 17.9. The van der Waals surface area contributed by atoms with Gasteiger partial charge in [-0.05, 0) is 95.7 Å². The van der Waals surface area contributed by atoms with E-state index in [2.05, 4.69) is 48.2 Å². The first-order valence-corrected chi connectivity index (χ1v) is 18.2. The zero-order valence-electron chi connectivity index (χ0n) is 30.8. The number of aliphatic hydroxyl groups excluding tert-OH is 1. The van der Waals surface area contributed by atoms with Gasteiger partial charge in [0.15, 0.2) is 0 Å². The summed E-state index contributed by atoms with van der Waals surface area (Å²) in [5.41, 5.74) is 5.77. The second-order valence-corrected chi connectivity index (χ2v) is 12.9. The molecule has 3 rings (SSSR count). The van der Waals surface area contributed by atoms with E-state index >= 15 is 0 Å². The Morgan fingerprint density at radius 1 is 0.833 bits per heavy atom. The fourth-order valence-corrected chi connectivity index (χ4v) is 6.57. The highest BCUT2D eigenvalue weighted by Gasteiger charge is 2.40. The van der Waals surface area contributed by atoms with Crippen LogP contribution >= 0.6 is 0 Å². The Bertz CT molecular complexity index is 1520. The Balaban J connectivity index is 2.18. The van der Waals surface area contributed by atoms with Crippen LogP contribution in [-0.4, -0.2) is 48.1 Å². The maximum atomic E-state index is 14.2. The number of rotatable bonds is 17. The Morgan fingerprint density at radius 3 is 1.92 bits per heavy atom. The normalized spacial score (nSPS) is 18.3. The topological polar surface area (TPSA) is 111 Å². The monoisotopic (exact) mass is 658 g/mol. The lowest BCUT2D eigenvalue weighted by atomic mass is 9.77. The highest BCUT2D eigenvalue weighted by molar-refractivity contribution is 6.40. The Hall–Kier alpha value is -3.94. The molecule has 2 aliphatic rings. The van der Waals surface area contributed by atoms with E-state index in [1.165, 1.54) is 0 Å². The number of aliphatic hydroxyl groups is 1. The van der Waals surface area contributed by atoms with Gasteiger partial charge in [-0.2, -0.15) is 0 Å². The van der Waals surface area contributed by atoms with Gasteiger partial charge in [0.05, 0.1) is 28.2 Å². The second-order valence-electron chi connectivity index (χ2n) is 12.9. The molecule has 2 aliphatic carbocycles. The van der Waals surface area contributed by atoms with E-state index < -0.39 is 0 Å². The summed E-state index contributed by atoms with van der Waals surface area (Å²) in [7, 11) is 0. The third-order valence-corrected chi connectivity index (χ3v) is 9.63. The fourth-order valence-electron chi connectivity index (χ4n) is 6.57. The molecular weight excluding hydrogens is 600 g/mol. The standard InChI is InChI=1S/C40H58N4O4/c1-10-17-19-27(12-3)39(47)42-32-23-31(41-14-5)25(8)21-29(32)35-37(45)36(38(35)46)30-22-26(9)34(44(15-6)16-7)24-33(30)43-40(48)28(13-4)20-18-11-2/h21-24,27-28,45H,10-20H2,1-9H3,(H,42,47)(H,43,48)/b35-29+,41-31?. The molecule has 0 saturated heterocycles. The van der Waals surface area contributed by atoms with E-state index in [1.807, 2.05) is 52.8 Å². The molecule has 48 heavy (non-hydrogen) atoms. The van der Waals surface area contributed by atoms with Crippen molar-refractivity contribution in [1.82, 2.24) is 5.32 Å². The SMILES string of the molecule is CCCCC(CC)C(=O)NC1=CC(=NCC)C(C)=C/C1=C1\C(=O)C(c2cc(C)c(N(CC)CC)cc2NC(=O)C(CC)CCCC)=C1O. The van der Waals surface area contributed by atoms with E-state index in [0.29, 0.717) is 41.9 Å². The lowest BCUT2D eigenvalue weighted by Crippen LogP contribution is -2.34. The van der Waals surface area contributed by atoms with Crippen LogP contribution in [0, 0.1) is 18.8 Å². The lowest BCUT2D eigenvalue weighted by Gasteiger charge is -2.30. The largest absolute Gasteiger partial charge is 0.506 e. The molecule has 2 amide bonds. The summed E-state index contributed by atoms with van der Waals surface area (Å²) >= 11 is 0. The zero-order valence-corrected chi connectivity index (χ0v) is 30.8. The third kappa shape index (κ3) is 8.55. The number of benzene rings is 1. The summed E-state index contributed by atoms with van der Waals surface area (Å²) in [4.78, 5) is 48.0. The molecule has 262 valence electrons. The number of hydrogen-bond donors (Lipinski definition) is 3. The van der Waals surface area contributed by atoms with Crippen molar-refractivity contribution in [1.29, 1.82) is 0 Å². The molecular formula is C40H58N4O4. The van der Waals surface area contributed by atoms with Gasteiger partial charge < -0.3 is 20.6 Å². The van der Waals surface area contributed by atoms with Gasteiger partial charge in [-0.15, -0.1) is 0 Å². The molecule has 0 bridgehead atoms.